The van der Waals surface area contributed by atoms with Gasteiger partial charge in [-0.25, -0.2) is 0 Å². The van der Waals surface area contributed by atoms with Gasteiger partial charge in [0.2, 0.25) is 0 Å². The average Bonchev–Trinajstić information content (AvgIpc) is 2.59. The number of hydrogen-bond acceptors (Lipinski definition) is 4. The molecule has 1 aromatic carbocycles. The van der Waals surface area contributed by atoms with Crippen molar-refractivity contribution in [2.24, 2.45) is 0 Å². The Kier molecular flexibility index (Phi) is 4.89. The first kappa shape index (κ1) is 15.1. The number of fused-ring (bicyclic) bond motifs is 1. The predicted molar refractivity (Wildman–Crippen MR) is 82.5 cm³/mol. The van der Waals surface area contributed by atoms with Crippen molar-refractivity contribution in [2.45, 2.75) is 38.8 Å². The van der Waals surface area contributed by atoms with Crippen LogP contribution in [0.4, 0.5) is 5.69 Å². The summed E-state index contributed by atoms with van der Waals surface area (Å²) in [7, 11) is 0. The molecule has 0 aromatic heterocycles. The maximum Gasteiger partial charge on any atom is 0.142 e. The topological polar surface area (TPSA) is 44.7 Å². The molecule has 0 radical (unpaired) electrons. The number of rotatable bonds is 5. The molecule has 1 aliphatic rings. The molecule has 1 heterocycles. The van der Waals surface area contributed by atoms with Gasteiger partial charge in [-0.2, -0.15) is 0 Å². The van der Waals surface area contributed by atoms with Crippen LogP contribution in [-0.4, -0.2) is 43.0 Å². The van der Waals surface area contributed by atoms with Gasteiger partial charge in [0, 0.05) is 25.7 Å². The van der Waals surface area contributed by atoms with Crippen LogP contribution < -0.4 is 15.0 Å². The second kappa shape index (κ2) is 6.46. The van der Waals surface area contributed by atoms with E-state index in [4.69, 9.17) is 4.74 Å². The third-order valence-corrected chi connectivity index (χ3v) is 3.46. The summed E-state index contributed by atoms with van der Waals surface area (Å²) >= 11 is 0. The van der Waals surface area contributed by atoms with E-state index in [1.807, 2.05) is 25.1 Å². The fourth-order valence-electron chi connectivity index (χ4n) is 2.45. The van der Waals surface area contributed by atoms with Crippen LogP contribution in [0.2, 0.25) is 0 Å². The summed E-state index contributed by atoms with van der Waals surface area (Å²) in [5.41, 5.74) is 0.316. The van der Waals surface area contributed by atoms with E-state index in [-0.39, 0.29) is 0 Å². The first-order chi connectivity index (χ1) is 9.48. The van der Waals surface area contributed by atoms with Gasteiger partial charge in [-0.3, -0.25) is 0 Å². The lowest BCUT2D eigenvalue weighted by Crippen LogP contribution is -2.49. The van der Waals surface area contributed by atoms with Gasteiger partial charge in [0.05, 0.1) is 17.9 Å². The molecular weight excluding hydrogens is 252 g/mol. The molecule has 0 spiro atoms. The molecule has 2 rings (SSSR count). The molecule has 4 nitrogen and oxygen atoms in total. The minimum absolute atomic E-state index is 0.376. The smallest absolute Gasteiger partial charge is 0.142 e. The Hall–Kier alpha value is -1.26. The number of anilines is 1. The van der Waals surface area contributed by atoms with Crippen LogP contribution in [0.5, 0.6) is 5.75 Å². The molecule has 0 fully saturated rings. The van der Waals surface area contributed by atoms with E-state index in [1.54, 1.807) is 0 Å². The van der Waals surface area contributed by atoms with Crippen molar-refractivity contribution in [3.05, 3.63) is 24.3 Å². The third kappa shape index (κ3) is 4.12. The fourth-order valence-corrected chi connectivity index (χ4v) is 2.45. The first-order valence-electron chi connectivity index (χ1n) is 7.40. The lowest BCUT2D eigenvalue weighted by Gasteiger charge is -2.33. The Bertz CT molecular complexity index is 432. The molecule has 1 unspecified atom stereocenters. The molecule has 1 aromatic rings. The largest absolute Gasteiger partial charge is 0.491 e. The van der Waals surface area contributed by atoms with Crippen LogP contribution in [0.15, 0.2) is 24.3 Å². The summed E-state index contributed by atoms with van der Waals surface area (Å²) in [6, 6.07) is 8.44. The van der Waals surface area contributed by atoms with E-state index in [2.05, 4.69) is 30.1 Å². The quantitative estimate of drug-likeness (QED) is 0.865. The SMILES string of the molecule is CC(C)NCC(C)(O)CN1CCCOc2ccccc21. The van der Waals surface area contributed by atoms with Crippen LogP contribution in [-0.2, 0) is 0 Å². The molecule has 20 heavy (non-hydrogen) atoms. The molecule has 0 bridgehead atoms. The van der Waals surface area contributed by atoms with E-state index in [0.29, 0.717) is 19.1 Å². The summed E-state index contributed by atoms with van der Waals surface area (Å²) < 4.78 is 5.75. The molecule has 0 amide bonds. The second-order valence-corrected chi connectivity index (χ2v) is 6.12. The number of nitrogens with one attached hydrogen (secondary N) is 1. The average molecular weight is 278 g/mol. The van der Waals surface area contributed by atoms with Gasteiger partial charge in [-0.15, -0.1) is 0 Å². The van der Waals surface area contributed by atoms with E-state index < -0.39 is 5.60 Å². The zero-order valence-electron chi connectivity index (χ0n) is 12.7. The fraction of sp³-hybridized carbons (Fsp3) is 0.625. The molecular formula is C16H26N2O2. The number of β-amino-alcohol motifs (C(OH)–C–C–N with tert-alkyl or cyclic N) is 1. The molecule has 0 aliphatic carbocycles. The maximum absolute atomic E-state index is 10.6. The Balaban J connectivity index is 2.08. The summed E-state index contributed by atoms with van der Waals surface area (Å²) in [5.74, 6) is 0.914. The highest BCUT2D eigenvalue weighted by molar-refractivity contribution is 5.59. The molecule has 4 heteroatoms. The first-order valence-corrected chi connectivity index (χ1v) is 7.40. The summed E-state index contributed by atoms with van der Waals surface area (Å²) in [4.78, 5) is 2.23. The molecule has 2 N–H and O–H groups in total. The van der Waals surface area contributed by atoms with E-state index >= 15 is 0 Å². The van der Waals surface area contributed by atoms with Crippen LogP contribution in [0, 0.1) is 0 Å². The van der Waals surface area contributed by atoms with Gasteiger partial charge < -0.3 is 20.1 Å². The van der Waals surface area contributed by atoms with Crippen LogP contribution >= 0.6 is 0 Å². The summed E-state index contributed by atoms with van der Waals surface area (Å²) in [6.07, 6.45) is 0.975. The highest BCUT2D eigenvalue weighted by Crippen LogP contribution is 2.31. The second-order valence-electron chi connectivity index (χ2n) is 6.12. The molecule has 1 atom stereocenters. The van der Waals surface area contributed by atoms with Crippen LogP contribution in [0.25, 0.3) is 0 Å². The highest BCUT2D eigenvalue weighted by atomic mass is 16.5. The number of ether oxygens (including phenoxy) is 1. The number of benzene rings is 1. The lowest BCUT2D eigenvalue weighted by atomic mass is 10.1. The van der Waals surface area contributed by atoms with E-state index in [9.17, 15) is 5.11 Å². The molecule has 0 saturated heterocycles. The Morgan fingerprint density at radius 2 is 2.15 bits per heavy atom. The van der Waals surface area contributed by atoms with Crippen molar-refractivity contribution in [3.63, 3.8) is 0 Å². The minimum Gasteiger partial charge on any atom is -0.491 e. The zero-order chi connectivity index (χ0) is 14.6. The standard InChI is InChI=1S/C16H26N2O2/c1-13(2)17-11-16(3,19)12-18-9-6-10-20-15-8-5-4-7-14(15)18/h4-5,7-8,13,17,19H,6,9-12H2,1-3H3. The van der Waals surface area contributed by atoms with Crippen molar-refractivity contribution in [1.82, 2.24) is 5.32 Å². The van der Waals surface area contributed by atoms with Crippen molar-refractivity contribution in [1.29, 1.82) is 0 Å². The van der Waals surface area contributed by atoms with E-state index in [1.165, 1.54) is 0 Å². The van der Waals surface area contributed by atoms with Crippen molar-refractivity contribution < 1.29 is 9.84 Å². The van der Waals surface area contributed by atoms with Gasteiger partial charge in [-0.05, 0) is 25.5 Å². The van der Waals surface area contributed by atoms with E-state index in [0.717, 1.165) is 31.0 Å². The zero-order valence-corrected chi connectivity index (χ0v) is 12.7. The van der Waals surface area contributed by atoms with Gasteiger partial charge in [0.15, 0.2) is 0 Å². The predicted octanol–water partition coefficient (Wildman–Crippen LogP) is 2.02. The van der Waals surface area contributed by atoms with Gasteiger partial charge in [0.1, 0.15) is 5.75 Å². The Morgan fingerprint density at radius 1 is 1.40 bits per heavy atom. The molecule has 0 saturated carbocycles. The minimum atomic E-state index is -0.762. The number of aliphatic hydroxyl groups is 1. The third-order valence-electron chi connectivity index (χ3n) is 3.46. The Morgan fingerprint density at radius 3 is 2.90 bits per heavy atom. The Labute approximate surface area is 121 Å². The van der Waals surface area contributed by atoms with Crippen molar-refractivity contribution in [2.75, 3.05) is 31.1 Å². The number of para-hydroxylation sites is 2. The van der Waals surface area contributed by atoms with Gasteiger partial charge in [-0.1, -0.05) is 26.0 Å². The van der Waals surface area contributed by atoms with Gasteiger partial charge in [0.25, 0.3) is 0 Å². The summed E-state index contributed by atoms with van der Waals surface area (Å²) in [6.45, 7) is 8.90. The monoisotopic (exact) mass is 278 g/mol. The van der Waals surface area contributed by atoms with Crippen LogP contribution in [0.1, 0.15) is 27.2 Å². The van der Waals surface area contributed by atoms with Crippen molar-refractivity contribution in [3.8, 4) is 5.75 Å². The lowest BCUT2D eigenvalue weighted by molar-refractivity contribution is 0.0645. The normalized spacial score (nSPS) is 18.1. The number of hydrogen-bond donors (Lipinski definition) is 2. The molecule has 1 aliphatic heterocycles. The number of nitrogens with zero attached hydrogens (tertiary/aromatic N) is 1. The highest BCUT2D eigenvalue weighted by Gasteiger charge is 2.26. The van der Waals surface area contributed by atoms with Crippen molar-refractivity contribution >= 4 is 5.69 Å². The summed E-state index contributed by atoms with van der Waals surface area (Å²) in [5, 5.41) is 13.9. The van der Waals surface area contributed by atoms with Crippen LogP contribution in [0.3, 0.4) is 0 Å². The maximum atomic E-state index is 10.6. The van der Waals surface area contributed by atoms with Gasteiger partial charge >= 0.3 is 0 Å². The molecule has 112 valence electrons.